The quantitative estimate of drug-likeness (QED) is 0.274. The fraction of sp³-hybridized carbons (Fsp3) is 0.286. The van der Waals surface area contributed by atoms with Crippen molar-refractivity contribution in [2.24, 2.45) is 15.3 Å². The molecule has 0 aliphatic carbocycles. The van der Waals surface area contributed by atoms with Crippen LogP contribution in [0.2, 0.25) is 0 Å². The van der Waals surface area contributed by atoms with E-state index in [-0.39, 0.29) is 16.5 Å². The van der Waals surface area contributed by atoms with E-state index in [0.717, 1.165) is 0 Å². The molecule has 0 bridgehead atoms. The zero-order valence-electron chi connectivity index (χ0n) is 19.0. The molecule has 32 heavy (non-hydrogen) atoms. The normalized spacial score (nSPS) is 13.9. The Morgan fingerprint density at radius 1 is 0.594 bits per heavy atom. The summed E-state index contributed by atoms with van der Waals surface area (Å²) in [5.41, 5.74) is 0.649. The van der Waals surface area contributed by atoms with Crippen molar-refractivity contribution in [2.45, 2.75) is 0 Å². The molecule has 11 heteroatoms. The predicted molar refractivity (Wildman–Crippen MR) is 126 cm³/mol. The molecule has 0 amide bonds. The molecule has 0 saturated carbocycles. The first-order chi connectivity index (χ1) is 15.2. The van der Waals surface area contributed by atoms with Gasteiger partial charge in [0, 0.05) is 42.3 Å². The molecule has 0 aliphatic heterocycles. The standard InChI is InChI=1S/C21H27N6O4P/c1-25(2)22-13-16-7-10-19(29-16)32(28,20-11-8-17(30-20)14-23-26(3)4)21-12-9-18(31-21)15-24-27(5)6/h7-15H,1-6H3. The monoisotopic (exact) mass is 458 g/mol. The van der Waals surface area contributed by atoms with Crippen LogP contribution in [0.15, 0.2) is 65.0 Å². The zero-order valence-corrected chi connectivity index (χ0v) is 19.9. The van der Waals surface area contributed by atoms with Crippen LogP contribution in [0, 0.1) is 0 Å². The van der Waals surface area contributed by atoms with Crippen LogP contribution in [-0.2, 0) is 4.57 Å². The third-order valence-corrected chi connectivity index (χ3v) is 6.60. The lowest BCUT2D eigenvalue weighted by Crippen LogP contribution is -2.22. The van der Waals surface area contributed by atoms with E-state index in [1.165, 1.54) is 0 Å². The molecular weight excluding hydrogens is 431 g/mol. The summed E-state index contributed by atoms with van der Waals surface area (Å²) in [7, 11) is 7.20. The molecule has 0 fully saturated rings. The third kappa shape index (κ3) is 5.39. The summed E-state index contributed by atoms with van der Waals surface area (Å²) < 4.78 is 32.1. The Balaban J connectivity index is 2.07. The Kier molecular flexibility index (Phi) is 7.05. The molecule has 3 rings (SSSR count). The number of hydrogen-bond acceptors (Lipinski definition) is 10. The highest BCUT2D eigenvalue weighted by Gasteiger charge is 2.39. The molecule has 0 N–H and O–H groups in total. The first kappa shape index (κ1) is 23.1. The van der Waals surface area contributed by atoms with Crippen LogP contribution in [0.5, 0.6) is 0 Å². The fourth-order valence-corrected chi connectivity index (χ4v) is 4.79. The van der Waals surface area contributed by atoms with Crippen LogP contribution in [-0.4, -0.2) is 76.0 Å². The van der Waals surface area contributed by atoms with Gasteiger partial charge in [0.05, 0.1) is 18.6 Å². The van der Waals surface area contributed by atoms with Gasteiger partial charge >= 0.3 is 0 Å². The van der Waals surface area contributed by atoms with Crippen molar-refractivity contribution >= 4 is 42.3 Å². The summed E-state index contributed by atoms with van der Waals surface area (Å²) in [5, 5.41) is 17.4. The highest BCUT2D eigenvalue weighted by molar-refractivity contribution is 7.84. The maximum Gasteiger partial charge on any atom is 0.271 e. The van der Waals surface area contributed by atoms with Crippen LogP contribution in [0.25, 0.3) is 0 Å². The van der Waals surface area contributed by atoms with E-state index in [4.69, 9.17) is 13.3 Å². The van der Waals surface area contributed by atoms with E-state index < -0.39 is 7.14 Å². The molecule has 0 spiro atoms. The maximum atomic E-state index is 14.4. The van der Waals surface area contributed by atoms with Gasteiger partial charge < -0.3 is 28.3 Å². The van der Waals surface area contributed by atoms with Crippen molar-refractivity contribution in [3.05, 3.63) is 53.7 Å². The largest absolute Gasteiger partial charge is 0.451 e. The third-order valence-electron chi connectivity index (χ3n) is 4.02. The van der Waals surface area contributed by atoms with Gasteiger partial charge in [-0.2, -0.15) is 15.3 Å². The van der Waals surface area contributed by atoms with Gasteiger partial charge in [0.2, 0.25) is 0 Å². The number of nitrogens with zero attached hydrogens (tertiary/aromatic N) is 6. The molecule has 10 nitrogen and oxygen atoms in total. The minimum Gasteiger partial charge on any atom is -0.451 e. The molecule has 3 aromatic rings. The Bertz CT molecular complexity index is 1030. The molecular formula is C21H27N6O4P. The molecule has 0 aliphatic rings. The lowest BCUT2D eigenvalue weighted by atomic mass is 10.5. The first-order valence-electron chi connectivity index (χ1n) is 9.73. The molecule has 0 aromatic carbocycles. The predicted octanol–water partition coefficient (Wildman–Crippen LogP) is 1.79. The molecule has 170 valence electrons. The summed E-state index contributed by atoms with van der Waals surface area (Å²) in [6, 6.07) is 10.0. The molecule has 0 atom stereocenters. The second-order valence-electron chi connectivity index (χ2n) is 7.41. The second-order valence-corrected chi connectivity index (χ2v) is 9.95. The number of rotatable bonds is 9. The van der Waals surface area contributed by atoms with E-state index >= 15 is 0 Å². The molecule has 0 radical (unpaired) electrons. The van der Waals surface area contributed by atoms with Crippen molar-refractivity contribution in [3.8, 4) is 0 Å². The van der Waals surface area contributed by atoms with E-state index in [1.807, 2.05) is 0 Å². The Morgan fingerprint density at radius 2 is 0.875 bits per heavy atom. The minimum atomic E-state index is -3.58. The van der Waals surface area contributed by atoms with E-state index in [2.05, 4.69) is 15.3 Å². The summed E-state index contributed by atoms with van der Waals surface area (Å²) in [6.07, 6.45) is 4.63. The highest BCUT2D eigenvalue weighted by atomic mass is 31.2. The van der Waals surface area contributed by atoms with Gasteiger partial charge in [-0.25, -0.2) is 0 Å². The van der Waals surface area contributed by atoms with E-state index in [1.54, 1.807) is 112 Å². The highest BCUT2D eigenvalue weighted by Crippen LogP contribution is 2.43. The Labute approximate surface area is 186 Å². The Morgan fingerprint density at radius 3 is 1.12 bits per heavy atom. The topological polar surface area (TPSA) is 103 Å². The smallest absolute Gasteiger partial charge is 0.271 e. The van der Waals surface area contributed by atoms with Crippen LogP contribution in [0.1, 0.15) is 17.3 Å². The van der Waals surface area contributed by atoms with Crippen molar-refractivity contribution in [1.82, 2.24) is 15.0 Å². The Hall–Kier alpha value is -3.52. The lowest BCUT2D eigenvalue weighted by Gasteiger charge is -2.11. The van der Waals surface area contributed by atoms with Crippen molar-refractivity contribution in [2.75, 3.05) is 42.3 Å². The molecule has 3 aromatic heterocycles. The van der Waals surface area contributed by atoms with Gasteiger partial charge in [-0.05, 0) is 36.4 Å². The summed E-state index contributed by atoms with van der Waals surface area (Å²) >= 11 is 0. The lowest BCUT2D eigenvalue weighted by molar-refractivity contribution is 0.438. The first-order valence-corrected chi connectivity index (χ1v) is 11.4. The second kappa shape index (κ2) is 9.74. The van der Waals surface area contributed by atoms with Gasteiger partial charge in [0.25, 0.3) is 7.14 Å². The zero-order chi connectivity index (χ0) is 23.3. The van der Waals surface area contributed by atoms with E-state index in [9.17, 15) is 4.57 Å². The molecule has 3 heterocycles. The van der Waals surface area contributed by atoms with Crippen LogP contribution < -0.4 is 16.5 Å². The summed E-state index contributed by atoms with van der Waals surface area (Å²) in [6.45, 7) is 0. The number of hydrogen-bond donors (Lipinski definition) is 0. The van der Waals surface area contributed by atoms with Crippen molar-refractivity contribution in [1.29, 1.82) is 0 Å². The van der Waals surface area contributed by atoms with Crippen LogP contribution in [0.3, 0.4) is 0 Å². The van der Waals surface area contributed by atoms with Crippen molar-refractivity contribution < 1.29 is 17.8 Å². The number of furan rings is 3. The molecule has 0 saturated heterocycles. The van der Waals surface area contributed by atoms with Gasteiger partial charge in [-0.15, -0.1) is 0 Å². The summed E-state index contributed by atoms with van der Waals surface area (Å²) in [4.78, 5) is 0. The minimum absolute atomic E-state index is 0.216. The SMILES string of the molecule is CN(C)N=Cc1ccc(P(=O)(c2ccc(C=NN(C)C)o2)c2ccc(C=NN(C)C)o2)o1. The summed E-state index contributed by atoms with van der Waals surface area (Å²) in [5.74, 6) is 1.36. The van der Waals surface area contributed by atoms with Gasteiger partial charge in [-0.3, -0.25) is 4.57 Å². The van der Waals surface area contributed by atoms with Crippen LogP contribution in [0.4, 0.5) is 0 Å². The average molecular weight is 458 g/mol. The fourth-order valence-electron chi connectivity index (χ4n) is 2.59. The van der Waals surface area contributed by atoms with Crippen LogP contribution >= 0.6 is 7.14 Å². The van der Waals surface area contributed by atoms with Gasteiger partial charge in [0.15, 0.2) is 16.5 Å². The maximum absolute atomic E-state index is 14.4. The van der Waals surface area contributed by atoms with E-state index in [0.29, 0.717) is 17.3 Å². The average Bonchev–Trinajstić information content (AvgIpc) is 3.49. The van der Waals surface area contributed by atoms with Gasteiger partial charge in [0.1, 0.15) is 17.3 Å². The molecule has 0 unspecified atom stereocenters. The number of hydrazone groups is 3. The van der Waals surface area contributed by atoms with Crippen molar-refractivity contribution in [3.63, 3.8) is 0 Å². The van der Waals surface area contributed by atoms with Gasteiger partial charge in [-0.1, -0.05) is 0 Å².